The molecule has 0 spiro atoms. The van der Waals surface area contributed by atoms with Gasteiger partial charge < -0.3 is 5.32 Å². The van der Waals surface area contributed by atoms with Crippen LogP contribution in [-0.2, 0) is 6.42 Å². The molecule has 2 unspecified atom stereocenters. The third-order valence-electron chi connectivity index (χ3n) is 3.43. The first-order valence-electron chi connectivity index (χ1n) is 6.26. The Kier molecular flexibility index (Phi) is 4.13. The molecule has 0 radical (unpaired) electrons. The van der Waals surface area contributed by atoms with Crippen LogP contribution in [0.4, 0.5) is 0 Å². The van der Waals surface area contributed by atoms with Crippen molar-refractivity contribution in [2.45, 2.75) is 32.7 Å². The van der Waals surface area contributed by atoms with E-state index in [1.165, 1.54) is 16.1 Å². The summed E-state index contributed by atoms with van der Waals surface area (Å²) in [5.74, 6) is 0.687. The normalized spacial score (nSPS) is 15.0. The molecule has 2 aromatic rings. The summed E-state index contributed by atoms with van der Waals surface area (Å²) in [6, 6.07) is 8.90. The van der Waals surface area contributed by atoms with Gasteiger partial charge in [0.05, 0.1) is 15.2 Å². The van der Waals surface area contributed by atoms with Crippen molar-refractivity contribution in [1.29, 1.82) is 0 Å². The van der Waals surface area contributed by atoms with E-state index in [0.29, 0.717) is 12.0 Å². The minimum Gasteiger partial charge on any atom is -0.316 e. The minimum absolute atomic E-state index is 0.528. The van der Waals surface area contributed by atoms with Crippen LogP contribution in [0, 0.1) is 5.92 Å². The average molecular weight is 248 g/mol. The van der Waals surface area contributed by atoms with Gasteiger partial charge in [-0.15, -0.1) is 11.3 Å². The molecule has 0 aliphatic heterocycles. The molecule has 0 bridgehead atoms. The summed E-state index contributed by atoms with van der Waals surface area (Å²) in [4.78, 5) is 4.70. The van der Waals surface area contributed by atoms with Gasteiger partial charge in [-0.05, 0) is 25.1 Å². The van der Waals surface area contributed by atoms with Crippen LogP contribution in [0.2, 0.25) is 0 Å². The van der Waals surface area contributed by atoms with E-state index in [1.54, 1.807) is 0 Å². The molecule has 0 saturated carbocycles. The van der Waals surface area contributed by atoms with Gasteiger partial charge in [-0.25, -0.2) is 4.98 Å². The van der Waals surface area contributed by atoms with Gasteiger partial charge in [0.2, 0.25) is 0 Å². The molecular formula is C14H20N2S. The van der Waals surface area contributed by atoms with E-state index in [4.69, 9.17) is 4.98 Å². The fraction of sp³-hybridized carbons (Fsp3) is 0.500. The van der Waals surface area contributed by atoms with E-state index in [-0.39, 0.29) is 0 Å². The first-order valence-corrected chi connectivity index (χ1v) is 7.08. The van der Waals surface area contributed by atoms with Crippen molar-refractivity contribution in [3.63, 3.8) is 0 Å². The van der Waals surface area contributed by atoms with E-state index < -0.39 is 0 Å². The minimum atomic E-state index is 0.528. The fourth-order valence-corrected chi connectivity index (χ4v) is 3.09. The van der Waals surface area contributed by atoms with Gasteiger partial charge in [0.1, 0.15) is 0 Å². The lowest BCUT2D eigenvalue weighted by molar-refractivity contribution is 0.386. The second-order valence-electron chi connectivity index (χ2n) is 4.56. The predicted octanol–water partition coefficient (Wildman–Crippen LogP) is 3.47. The number of aromatic nitrogens is 1. The number of hydrogen-bond donors (Lipinski definition) is 1. The van der Waals surface area contributed by atoms with Gasteiger partial charge in [0.15, 0.2) is 0 Å². The van der Waals surface area contributed by atoms with Crippen molar-refractivity contribution >= 4 is 21.6 Å². The van der Waals surface area contributed by atoms with Crippen LogP contribution in [0.15, 0.2) is 24.3 Å². The number of rotatable bonds is 5. The first kappa shape index (κ1) is 12.5. The van der Waals surface area contributed by atoms with Gasteiger partial charge in [-0.3, -0.25) is 0 Å². The Morgan fingerprint density at radius 1 is 1.35 bits per heavy atom. The number of likely N-dealkylation sites (N-methyl/N-ethyl adjacent to an activating group) is 1. The molecule has 0 amide bonds. The Morgan fingerprint density at radius 2 is 2.12 bits per heavy atom. The summed E-state index contributed by atoms with van der Waals surface area (Å²) in [6.45, 7) is 4.54. The average Bonchev–Trinajstić information content (AvgIpc) is 2.77. The molecule has 92 valence electrons. The number of hydrogen-bond acceptors (Lipinski definition) is 3. The zero-order chi connectivity index (χ0) is 12.3. The van der Waals surface area contributed by atoms with Crippen LogP contribution in [0.1, 0.15) is 25.3 Å². The summed E-state index contributed by atoms with van der Waals surface area (Å²) >= 11 is 1.82. The quantitative estimate of drug-likeness (QED) is 0.876. The number of fused-ring (bicyclic) bond motifs is 1. The van der Waals surface area contributed by atoms with Crippen molar-refractivity contribution < 1.29 is 0 Å². The Bertz CT molecular complexity index is 445. The standard InChI is InChI=1S/C14H20N2S/c1-4-10(2)12(15-3)9-14-16-11-7-5-6-8-13(11)17-14/h5-8,10,12,15H,4,9H2,1-3H3. The van der Waals surface area contributed by atoms with Crippen LogP contribution >= 0.6 is 11.3 Å². The summed E-state index contributed by atoms with van der Waals surface area (Å²) in [5, 5.41) is 4.65. The second-order valence-corrected chi connectivity index (χ2v) is 5.68. The zero-order valence-corrected chi connectivity index (χ0v) is 11.6. The van der Waals surface area contributed by atoms with E-state index in [9.17, 15) is 0 Å². The highest BCUT2D eigenvalue weighted by Gasteiger charge is 2.16. The molecular weight excluding hydrogens is 228 g/mol. The van der Waals surface area contributed by atoms with Crippen LogP contribution in [0.5, 0.6) is 0 Å². The Balaban J connectivity index is 2.16. The van der Waals surface area contributed by atoms with Crippen LogP contribution in [-0.4, -0.2) is 18.1 Å². The third kappa shape index (κ3) is 2.85. The number of benzene rings is 1. The molecule has 1 aromatic carbocycles. The molecule has 1 aromatic heterocycles. The summed E-state index contributed by atoms with van der Waals surface area (Å²) in [7, 11) is 2.05. The fourth-order valence-electron chi connectivity index (χ4n) is 2.07. The van der Waals surface area contributed by atoms with Crippen molar-refractivity contribution in [1.82, 2.24) is 10.3 Å². The lowest BCUT2D eigenvalue weighted by Gasteiger charge is -2.21. The molecule has 0 fully saturated rings. The smallest absolute Gasteiger partial charge is 0.0954 e. The number of thiazole rings is 1. The SMILES string of the molecule is CCC(C)C(Cc1nc2ccccc2s1)NC. The lowest BCUT2D eigenvalue weighted by atomic mass is 9.97. The second kappa shape index (κ2) is 5.61. The molecule has 1 N–H and O–H groups in total. The Labute approximate surface area is 107 Å². The largest absolute Gasteiger partial charge is 0.316 e. The molecule has 0 saturated heterocycles. The molecule has 0 aliphatic carbocycles. The van der Waals surface area contributed by atoms with Crippen LogP contribution in [0.3, 0.4) is 0 Å². The van der Waals surface area contributed by atoms with Gasteiger partial charge in [0, 0.05) is 12.5 Å². The van der Waals surface area contributed by atoms with Gasteiger partial charge in [0.25, 0.3) is 0 Å². The highest BCUT2D eigenvalue weighted by atomic mass is 32.1. The van der Waals surface area contributed by atoms with E-state index >= 15 is 0 Å². The van der Waals surface area contributed by atoms with Crippen LogP contribution in [0.25, 0.3) is 10.2 Å². The first-order chi connectivity index (χ1) is 8.24. The lowest BCUT2D eigenvalue weighted by Crippen LogP contribution is -2.33. The molecule has 2 nitrogen and oxygen atoms in total. The number of para-hydroxylation sites is 1. The van der Waals surface area contributed by atoms with E-state index in [1.807, 2.05) is 18.4 Å². The van der Waals surface area contributed by atoms with E-state index in [2.05, 4.69) is 43.4 Å². The highest BCUT2D eigenvalue weighted by molar-refractivity contribution is 7.18. The zero-order valence-electron chi connectivity index (χ0n) is 10.7. The maximum atomic E-state index is 4.70. The van der Waals surface area contributed by atoms with Crippen molar-refractivity contribution in [2.24, 2.45) is 5.92 Å². The molecule has 2 rings (SSSR count). The Morgan fingerprint density at radius 3 is 2.76 bits per heavy atom. The topological polar surface area (TPSA) is 24.9 Å². The number of nitrogens with zero attached hydrogens (tertiary/aromatic N) is 1. The maximum Gasteiger partial charge on any atom is 0.0954 e. The Hall–Kier alpha value is -0.930. The molecule has 1 heterocycles. The molecule has 2 atom stereocenters. The summed E-state index contributed by atoms with van der Waals surface area (Å²) in [5.41, 5.74) is 1.13. The molecule has 3 heteroatoms. The van der Waals surface area contributed by atoms with Gasteiger partial charge in [-0.1, -0.05) is 32.4 Å². The van der Waals surface area contributed by atoms with Gasteiger partial charge in [-0.2, -0.15) is 0 Å². The summed E-state index contributed by atoms with van der Waals surface area (Å²) < 4.78 is 1.29. The van der Waals surface area contributed by atoms with Crippen molar-refractivity contribution in [3.8, 4) is 0 Å². The summed E-state index contributed by atoms with van der Waals surface area (Å²) in [6.07, 6.45) is 2.24. The highest BCUT2D eigenvalue weighted by Crippen LogP contribution is 2.24. The van der Waals surface area contributed by atoms with Crippen LogP contribution < -0.4 is 5.32 Å². The molecule has 0 aliphatic rings. The number of nitrogens with one attached hydrogen (secondary N) is 1. The monoisotopic (exact) mass is 248 g/mol. The van der Waals surface area contributed by atoms with E-state index in [0.717, 1.165) is 11.9 Å². The van der Waals surface area contributed by atoms with Crippen molar-refractivity contribution in [3.05, 3.63) is 29.3 Å². The molecule has 17 heavy (non-hydrogen) atoms. The van der Waals surface area contributed by atoms with Gasteiger partial charge >= 0.3 is 0 Å². The third-order valence-corrected chi connectivity index (χ3v) is 4.49. The van der Waals surface area contributed by atoms with Crippen molar-refractivity contribution in [2.75, 3.05) is 7.05 Å². The predicted molar refractivity (Wildman–Crippen MR) is 75.6 cm³/mol. The maximum absolute atomic E-state index is 4.70.